The smallest absolute Gasteiger partial charge is 0.328 e. The average Bonchev–Trinajstić information content (AvgIpc) is 2.81. The van der Waals surface area contributed by atoms with E-state index in [0.717, 1.165) is 10.6 Å². The molecule has 2 rings (SSSR count). The summed E-state index contributed by atoms with van der Waals surface area (Å²) in [7, 11) is 0. The lowest BCUT2D eigenvalue weighted by Gasteiger charge is -2.19. The maximum absolute atomic E-state index is 10.7. The second-order valence-electron chi connectivity index (χ2n) is 6.52. The van der Waals surface area contributed by atoms with Crippen molar-refractivity contribution in [1.82, 2.24) is 4.98 Å². The van der Waals surface area contributed by atoms with Crippen LogP contribution in [-0.4, -0.2) is 16.1 Å². The molecule has 1 aliphatic carbocycles. The van der Waals surface area contributed by atoms with Gasteiger partial charge in [-0.1, -0.05) is 40.0 Å². The number of nitrogens with zero attached hydrogens (tertiary/aromatic N) is 1. The molecule has 1 aromatic rings. The highest BCUT2D eigenvalue weighted by Crippen LogP contribution is 2.39. The van der Waals surface area contributed by atoms with Crippen molar-refractivity contribution in [2.75, 3.05) is 0 Å². The molecule has 1 N–H and O–H groups in total. The standard InChI is InChI=1S/C16H23NO2S/c1-16(2,3)14-12(9-10-13(18)19)20-15(17-14)11-7-5-4-6-8-11/h9-11H,4-8H2,1-3H3,(H,18,19)/b10-9+. The summed E-state index contributed by atoms with van der Waals surface area (Å²) >= 11 is 1.67. The van der Waals surface area contributed by atoms with E-state index >= 15 is 0 Å². The minimum atomic E-state index is -0.905. The Kier molecular flexibility index (Phi) is 4.63. The van der Waals surface area contributed by atoms with E-state index in [-0.39, 0.29) is 5.41 Å². The fourth-order valence-electron chi connectivity index (χ4n) is 2.67. The first-order chi connectivity index (χ1) is 9.38. The second kappa shape index (κ2) is 6.08. The molecular formula is C16H23NO2S. The first-order valence-electron chi connectivity index (χ1n) is 7.30. The summed E-state index contributed by atoms with van der Waals surface area (Å²) in [6, 6.07) is 0. The zero-order chi connectivity index (χ0) is 14.8. The van der Waals surface area contributed by atoms with Crippen molar-refractivity contribution in [1.29, 1.82) is 0 Å². The molecule has 0 saturated heterocycles. The molecule has 0 aromatic carbocycles. The second-order valence-corrected chi connectivity index (χ2v) is 7.58. The Morgan fingerprint density at radius 1 is 1.30 bits per heavy atom. The molecule has 20 heavy (non-hydrogen) atoms. The molecule has 1 fully saturated rings. The molecule has 1 aliphatic rings. The van der Waals surface area contributed by atoms with Crippen LogP contribution in [0.25, 0.3) is 6.08 Å². The third kappa shape index (κ3) is 3.69. The summed E-state index contributed by atoms with van der Waals surface area (Å²) in [5.74, 6) is -0.334. The van der Waals surface area contributed by atoms with E-state index in [1.54, 1.807) is 17.4 Å². The highest BCUT2D eigenvalue weighted by molar-refractivity contribution is 7.12. The van der Waals surface area contributed by atoms with Gasteiger partial charge in [-0.25, -0.2) is 9.78 Å². The van der Waals surface area contributed by atoms with E-state index < -0.39 is 5.97 Å². The Hall–Kier alpha value is -1.16. The van der Waals surface area contributed by atoms with Crippen LogP contribution in [-0.2, 0) is 10.2 Å². The summed E-state index contributed by atoms with van der Waals surface area (Å²) in [6.45, 7) is 6.39. The zero-order valence-electron chi connectivity index (χ0n) is 12.5. The Morgan fingerprint density at radius 2 is 1.95 bits per heavy atom. The van der Waals surface area contributed by atoms with Crippen LogP contribution < -0.4 is 0 Å². The van der Waals surface area contributed by atoms with Gasteiger partial charge in [-0.2, -0.15) is 0 Å². The zero-order valence-corrected chi connectivity index (χ0v) is 13.3. The van der Waals surface area contributed by atoms with Gasteiger partial charge in [0.2, 0.25) is 0 Å². The van der Waals surface area contributed by atoms with Gasteiger partial charge in [0, 0.05) is 17.4 Å². The number of hydrogen-bond donors (Lipinski definition) is 1. The van der Waals surface area contributed by atoms with Gasteiger partial charge in [0.15, 0.2) is 0 Å². The number of rotatable bonds is 3. The van der Waals surface area contributed by atoms with Crippen molar-refractivity contribution in [2.45, 2.75) is 64.2 Å². The van der Waals surface area contributed by atoms with Crippen molar-refractivity contribution in [3.8, 4) is 0 Å². The van der Waals surface area contributed by atoms with Gasteiger partial charge in [0.1, 0.15) is 0 Å². The topological polar surface area (TPSA) is 50.2 Å². The van der Waals surface area contributed by atoms with Crippen LogP contribution in [0.2, 0.25) is 0 Å². The van der Waals surface area contributed by atoms with E-state index in [2.05, 4.69) is 20.8 Å². The number of aliphatic carboxylic acids is 1. The van der Waals surface area contributed by atoms with Crippen molar-refractivity contribution >= 4 is 23.4 Å². The molecule has 0 unspecified atom stereocenters. The Balaban J connectivity index is 2.33. The molecule has 4 heteroatoms. The molecule has 110 valence electrons. The van der Waals surface area contributed by atoms with Gasteiger partial charge < -0.3 is 5.11 Å². The Morgan fingerprint density at radius 3 is 2.50 bits per heavy atom. The summed E-state index contributed by atoms with van der Waals surface area (Å²) in [6.07, 6.45) is 9.27. The van der Waals surface area contributed by atoms with E-state index in [1.165, 1.54) is 43.2 Å². The van der Waals surface area contributed by atoms with Gasteiger partial charge in [-0.15, -0.1) is 11.3 Å². The molecule has 0 radical (unpaired) electrons. The highest BCUT2D eigenvalue weighted by Gasteiger charge is 2.26. The molecule has 1 heterocycles. The first-order valence-corrected chi connectivity index (χ1v) is 8.12. The fourth-order valence-corrected chi connectivity index (χ4v) is 4.02. The molecule has 1 aromatic heterocycles. The predicted molar refractivity (Wildman–Crippen MR) is 83.3 cm³/mol. The third-order valence-electron chi connectivity index (χ3n) is 3.71. The monoisotopic (exact) mass is 293 g/mol. The molecule has 0 aliphatic heterocycles. The molecule has 1 saturated carbocycles. The number of carbonyl (C=O) groups is 1. The summed E-state index contributed by atoms with van der Waals surface area (Å²) < 4.78 is 0. The maximum Gasteiger partial charge on any atom is 0.328 e. The Bertz CT molecular complexity index is 505. The van der Waals surface area contributed by atoms with E-state index in [4.69, 9.17) is 10.1 Å². The van der Waals surface area contributed by atoms with Gasteiger partial charge in [-0.05, 0) is 18.9 Å². The van der Waals surface area contributed by atoms with E-state index in [9.17, 15) is 4.79 Å². The number of carboxylic acid groups (broad SMARTS) is 1. The quantitative estimate of drug-likeness (QED) is 0.829. The minimum Gasteiger partial charge on any atom is -0.478 e. The van der Waals surface area contributed by atoms with Gasteiger partial charge in [0.05, 0.1) is 15.6 Å². The molecular weight excluding hydrogens is 270 g/mol. The number of thiazole rings is 1. The largest absolute Gasteiger partial charge is 0.478 e. The Labute approximate surface area is 124 Å². The number of aromatic nitrogens is 1. The maximum atomic E-state index is 10.7. The third-order valence-corrected chi connectivity index (χ3v) is 4.90. The molecule has 0 atom stereocenters. The van der Waals surface area contributed by atoms with Crippen LogP contribution in [0, 0.1) is 0 Å². The molecule has 3 nitrogen and oxygen atoms in total. The highest BCUT2D eigenvalue weighted by atomic mass is 32.1. The molecule has 0 bridgehead atoms. The molecule has 0 amide bonds. The minimum absolute atomic E-state index is 0.0540. The van der Waals surface area contributed by atoms with Crippen molar-refractivity contribution < 1.29 is 9.90 Å². The van der Waals surface area contributed by atoms with Crippen LogP contribution in [0.5, 0.6) is 0 Å². The van der Waals surface area contributed by atoms with Crippen LogP contribution in [0.1, 0.15) is 74.4 Å². The van der Waals surface area contributed by atoms with Crippen LogP contribution in [0.4, 0.5) is 0 Å². The van der Waals surface area contributed by atoms with E-state index in [0.29, 0.717) is 5.92 Å². The average molecular weight is 293 g/mol. The first kappa shape index (κ1) is 15.2. The fraction of sp³-hybridized carbons (Fsp3) is 0.625. The summed E-state index contributed by atoms with van der Waals surface area (Å²) in [4.78, 5) is 16.6. The summed E-state index contributed by atoms with van der Waals surface area (Å²) in [5, 5.41) is 10.0. The van der Waals surface area contributed by atoms with Crippen molar-refractivity contribution in [2.24, 2.45) is 0 Å². The lowest BCUT2D eigenvalue weighted by atomic mass is 9.89. The summed E-state index contributed by atoms with van der Waals surface area (Å²) in [5.41, 5.74) is 0.974. The van der Waals surface area contributed by atoms with Gasteiger partial charge in [-0.3, -0.25) is 0 Å². The van der Waals surface area contributed by atoms with E-state index in [1.807, 2.05) is 0 Å². The lowest BCUT2D eigenvalue weighted by Crippen LogP contribution is -2.14. The van der Waals surface area contributed by atoms with Crippen molar-refractivity contribution in [3.05, 3.63) is 21.7 Å². The lowest BCUT2D eigenvalue weighted by molar-refractivity contribution is -0.131. The predicted octanol–water partition coefficient (Wildman–Crippen LogP) is 4.59. The SMILES string of the molecule is CC(C)(C)c1nc(C2CCCCC2)sc1/C=C/C(=O)O. The van der Waals surface area contributed by atoms with Gasteiger partial charge in [0.25, 0.3) is 0 Å². The van der Waals surface area contributed by atoms with Crippen molar-refractivity contribution in [3.63, 3.8) is 0 Å². The van der Waals surface area contributed by atoms with Gasteiger partial charge >= 0.3 is 5.97 Å². The van der Waals surface area contributed by atoms with Crippen LogP contribution >= 0.6 is 11.3 Å². The van der Waals surface area contributed by atoms with Crippen LogP contribution in [0.15, 0.2) is 6.08 Å². The molecule has 0 spiro atoms. The normalized spacial score (nSPS) is 17.8. The number of hydrogen-bond acceptors (Lipinski definition) is 3. The number of carboxylic acids is 1. The van der Waals surface area contributed by atoms with Crippen LogP contribution in [0.3, 0.4) is 0 Å².